The Hall–Kier alpha value is -0.0400. The maximum atomic E-state index is 10.3. The zero-order valence-electron chi connectivity index (χ0n) is 17.7. The Kier molecular flexibility index (Phi) is 23.9. The van der Waals surface area contributed by atoms with Crippen LogP contribution in [0.3, 0.4) is 0 Å². The fourth-order valence-corrected chi connectivity index (χ4v) is 3.71. The van der Waals surface area contributed by atoms with E-state index in [9.17, 15) is 5.11 Å². The molecule has 151 valence electrons. The number of unbranched alkanes of at least 4 members (excludes halogenated alkanes) is 21. The minimum atomic E-state index is 0.124. The van der Waals surface area contributed by atoms with Crippen LogP contribution in [0.4, 0.5) is 0 Å². The van der Waals surface area contributed by atoms with Crippen LogP contribution in [0.25, 0.3) is 0 Å². The SMILES string of the molecule is CCCCCCCCCCCCCCCCCCCCCCCC[O]. The molecule has 0 amide bonds. The van der Waals surface area contributed by atoms with E-state index in [0.29, 0.717) is 0 Å². The van der Waals surface area contributed by atoms with Crippen LogP contribution in [-0.4, -0.2) is 6.61 Å². The second kappa shape index (κ2) is 24.0. The second-order valence-corrected chi connectivity index (χ2v) is 8.13. The van der Waals surface area contributed by atoms with Gasteiger partial charge in [0.1, 0.15) is 0 Å². The minimum absolute atomic E-state index is 0.124. The molecule has 0 spiro atoms. The lowest BCUT2D eigenvalue weighted by atomic mass is 10.0. The first-order valence-electron chi connectivity index (χ1n) is 12.0. The molecule has 0 rings (SSSR count). The fourth-order valence-electron chi connectivity index (χ4n) is 3.71. The molecule has 1 heteroatoms. The molecule has 0 aromatic carbocycles. The van der Waals surface area contributed by atoms with Gasteiger partial charge < -0.3 is 0 Å². The molecule has 0 aliphatic heterocycles. The first-order chi connectivity index (χ1) is 12.4. The van der Waals surface area contributed by atoms with E-state index in [0.717, 1.165) is 12.8 Å². The molecule has 1 radical (unpaired) electrons. The van der Waals surface area contributed by atoms with Gasteiger partial charge in [-0.05, 0) is 6.42 Å². The number of hydrogen-bond acceptors (Lipinski definition) is 0. The molecule has 0 bridgehead atoms. The van der Waals surface area contributed by atoms with Gasteiger partial charge in [0.25, 0.3) is 0 Å². The lowest BCUT2D eigenvalue weighted by Gasteiger charge is -2.04. The molecule has 0 aromatic heterocycles. The molecule has 25 heavy (non-hydrogen) atoms. The van der Waals surface area contributed by atoms with Crippen LogP contribution < -0.4 is 0 Å². The smallest absolute Gasteiger partial charge is 0.0822 e. The maximum Gasteiger partial charge on any atom is 0.0822 e. The molecule has 0 N–H and O–H groups in total. The molecular formula is C24H49O. The summed E-state index contributed by atoms with van der Waals surface area (Å²) in [5.41, 5.74) is 0. The van der Waals surface area contributed by atoms with Gasteiger partial charge in [-0.1, -0.05) is 142 Å². The minimum Gasteiger partial charge on any atom is -0.237 e. The summed E-state index contributed by atoms with van der Waals surface area (Å²) in [6.45, 7) is 2.42. The van der Waals surface area contributed by atoms with Crippen molar-refractivity contribution in [3.63, 3.8) is 0 Å². The first kappa shape index (κ1) is 25.0. The number of rotatable bonds is 22. The Morgan fingerprint density at radius 1 is 0.320 bits per heavy atom. The molecule has 0 atom stereocenters. The Balaban J connectivity index is 2.94. The predicted octanol–water partition coefficient (Wildman–Crippen LogP) is 9.02. The molecule has 0 aliphatic rings. The van der Waals surface area contributed by atoms with Gasteiger partial charge in [-0.3, -0.25) is 0 Å². The summed E-state index contributed by atoms with van der Waals surface area (Å²) < 4.78 is 0. The summed E-state index contributed by atoms with van der Waals surface area (Å²) in [6.07, 6.45) is 30.8. The molecule has 1 nitrogen and oxygen atoms in total. The van der Waals surface area contributed by atoms with Crippen LogP contribution in [-0.2, 0) is 5.11 Å². The van der Waals surface area contributed by atoms with Crippen molar-refractivity contribution in [3.05, 3.63) is 0 Å². The van der Waals surface area contributed by atoms with E-state index in [2.05, 4.69) is 6.92 Å². The second-order valence-electron chi connectivity index (χ2n) is 8.13. The third kappa shape index (κ3) is 24.0. The van der Waals surface area contributed by atoms with Crippen molar-refractivity contribution in [2.45, 2.75) is 148 Å². The number of hydrogen-bond donors (Lipinski definition) is 0. The van der Waals surface area contributed by atoms with Crippen LogP contribution in [0, 0.1) is 0 Å². The van der Waals surface area contributed by atoms with Crippen LogP contribution in [0.1, 0.15) is 148 Å². The van der Waals surface area contributed by atoms with E-state index in [4.69, 9.17) is 0 Å². The average Bonchev–Trinajstić information content (AvgIpc) is 2.63. The van der Waals surface area contributed by atoms with Gasteiger partial charge in [-0.15, -0.1) is 0 Å². The van der Waals surface area contributed by atoms with Crippen LogP contribution >= 0.6 is 0 Å². The maximum absolute atomic E-state index is 10.3. The zero-order valence-corrected chi connectivity index (χ0v) is 17.7. The fraction of sp³-hybridized carbons (Fsp3) is 1.00. The van der Waals surface area contributed by atoms with Crippen LogP contribution in [0.5, 0.6) is 0 Å². The van der Waals surface area contributed by atoms with E-state index < -0.39 is 0 Å². The van der Waals surface area contributed by atoms with Gasteiger partial charge in [0.2, 0.25) is 0 Å². The highest BCUT2D eigenvalue weighted by molar-refractivity contribution is 4.51. The molecule has 0 saturated heterocycles. The summed E-state index contributed by atoms with van der Waals surface area (Å²) >= 11 is 0. The van der Waals surface area contributed by atoms with Crippen LogP contribution in [0.15, 0.2) is 0 Å². The van der Waals surface area contributed by atoms with Crippen molar-refractivity contribution in [1.82, 2.24) is 0 Å². The predicted molar refractivity (Wildman–Crippen MR) is 113 cm³/mol. The largest absolute Gasteiger partial charge is 0.237 e. The molecule has 0 saturated carbocycles. The molecule has 0 unspecified atom stereocenters. The zero-order chi connectivity index (χ0) is 18.3. The Morgan fingerprint density at radius 3 is 0.720 bits per heavy atom. The van der Waals surface area contributed by atoms with Gasteiger partial charge in [0.15, 0.2) is 0 Å². The van der Waals surface area contributed by atoms with Gasteiger partial charge in [0, 0.05) is 0 Å². The van der Waals surface area contributed by atoms with Crippen molar-refractivity contribution in [2.24, 2.45) is 0 Å². The van der Waals surface area contributed by atoms with Gasteiger partial charge in [0.05, 0.1) is 6.61 Å². The summed E-state index contributed by atoms with van der Waals surface area (Å²) in [5.74, 6) is 0. The van der Waals surface area contributed by atoms with Gasteiger partial charge >= 0.3 is 0 Å². The van der Waals surface area contributed by atoms with Crippen LogP contribution in [0.2, 0.25) is 0 Å². The summed E-state index contributed by atoms with van der Waals surface area (Å²) in [5, 5.41) is 10.3. The Labute approximate surface area is 160 Å². The lowest BCUT2D eigenvalue weighted by molar-refractivity contribution is 0.186. The van der Waals surface area contributed by atoms with Gasteiger partial charge in [-0.2, -0.15) is 0 Å². The standard InChI is InChI=1S/C24H49O/c1-2-3-4-5-6-7-8-9-10-11-12-13-14-15-16-17-18-19-20-21-22-23-24-25/h2-24H2,1H3. The molecular weight excluding hydrogens is 304 g/mol. The average molecular weight is 354 g/mol. The highest BCUT2D eigenvalue weighted by Gasteiger charge is 1.95. The van der Waals surface area contributed by atoms with Gasteiger partial charge in [-0.25, -0.2) is 5.11 Å². The highest BCUT2D eigenvalue weighted by Crippen LogP contribution is 2.15. The summed E-state index contributed by atoms with van der Waals surface area (Å²) in [7, 11) is 0. The third-order valence-corrected chi connectivity index (χ3v) is 5.50. The first-order valence-corrected chi connectivity index (χ1v) is 12.0. The molecule has 0 aliphatic carbocycles. The summed E-state index contributed by atoms with van der Waals surface area (Å²) in [4.78, 5) is 0. The third-order valence-electron chi connectivity index (χ3n) is 5.50. The van der Waals surface area contributed by atoms with E-state index >= 15 is 0 Å². The van der Waals surface area contributed by atoms with Crippen molar-refractivity contribution in [3.8, 4) is 0 Å². The van der Waals surface area contributed by atoms with E-state index in [1.54, 1.807) is 0 Å². The highest BCUT2D eigenvalue weighted by atomic mass is 16.2. The quantitative estimate of drug-likeness (QED) is 0.173. The topological polar surface area (TPSA) is 19.9 Å². The van der Waals surface area contributed by atoms with Crippen molar-refractivity contribution >= 4 is 0 Å². The van der Waals surface area contributed by atoms with E-state index in [1.165, 1.54) is 128 Å². The Bertz CT molecular complexity index is 192. The van der Waals surface area contributed by atoms with Crippen molar-refractivity contribution < 1.29 is 5.11 Å². The van der Waals surface area contributed by atoms with Crippen molar-refractivity contribution in [2.75, 3.05) is 6.61 Å². The van der Waals surface area contributed by atoms with E-state index in [-0.39, 0.29) is 6.61 Å². The summed E-state index contributed by atoms with van der Waals surface area (Å²) in [6, 6.07) is 0. The van der Waals surface area contributed by atoms with Crippen molar-refractivity contribution in [1.29, 1.82) is 0 Å². The molecule has 0 heterocycles. The normalized spacial score (nSPS) is 11.3. The lowest BCUT2D eigenvalue weighted by Crippen LogP contribution is -1.85. The molecule has 0 aromatic rings. The monoisotopic (exact) mass is 353 g/mol. The Morgan fingerprint density at radius 2 is 0.520 bits per heavy atom. The molecule has 0 fully saturated rings. The van der Waals surface area contributed by atoms with E-state index in [1.807, 2.05) is 0 Å².